The van der Waals surface area contributed by atoms with Crippen molar-refractivity contribution < 1.29 is 0 Å². The minimum absolute atomic E-state index is 0.469. The van der Waals surface area contributed by atoms with Crippen LogP contribution in [0.3, 0.4) is 0 Å². The second kappa shape index (κ2) is 4.63. The number of piperidine rings is 3. The molecule has 0 aromatic rings. The van der Waals surface area contributed by atoms with E-state index in [1.807, 2.05) is 0 Å². The summed E-state index contributed by atoms with van der Waals surface area (Å²) in [5.74, 6) is 0. The molecular formula is C13H25N3. The lowest BCUT2D eigenvalue weighted by atomic mass is 9.83. The van der Waals surface area contributed by atoms with Gasteiger partial charge in [-0.3, -0.25) is 0 Å². The highest BCUT2D eigenvalue weighted by Crippen LogP contribution is 2.35. The maximum atomic E-state index is 6.17. The van der Waals surface area contributed by atoms with E-state index in [0.717, 1.165) is 12.1 Å². The first-order valence-corrected chi connectivity index (χ1v) is 7.13. The first kappa shape index (κ1) is 11.0. The second-order valence-electron chi connectivity index (χ2n) is 5.86. The van der Waals surface area contributed by atoms with Gasteiger partial charge in [0, 0.05) is 31.2 Å². The van der Waals surface area contributed by atoms with Crippen LogP contribution < -0.4 is 5.73 Å². The molecule has 0 aromatic heterocycles. The molecule has 2 bridgehead atoms. The van der Waals surface area contributed by atoms with Crippen molar-refractivity contribution in [2.45, 2.75) is 69.5 Å². The Morgan fingerprint density at radius 1 is 0.812 bits per heavy atom. The zero-order valence-corrected chi connectivity index (χ0v) is 10.3. The summed E-state index contributed by atoms with van der Waals surface area (Å²) in [5, 5.41) is 5.40. The number of hydrazine groups is 1. The molecule has 16 heavy (non-hydrogen) atoms. The molecule has 3 fully saturated rings. The lowest BCUT2D eigenvalue weighted by Crippen LogP contribution is -2.62. The molecular weight excluding hydrogens is 198 g/mol. The van der Waals surface area contributed by atoms with Gasteiger partial charge in [-0.05, 0) is 38.5 Å². The molecule has 2 N–H and O–H groups in total. The van der Waals surface area contributed by atoms with Gasteiger partial charge in [0.15, 0.2) is 0 Å². The topological polar surface area (TPSA) is 32.5 Å². The summed E-state index contributed by atoms with van der Waals surface area (Å²) in [5.41, 5.74) is 6.17. The van der Waals surface area contributed by atoms with Crippen molar-refractivity contribution >= 4 is 0 Å². The SMILES string of the molecule is NC1CC2CCCC(C1)N2N1CCCCC1. The molecule has 3 aliphatic heterocycles. The highest BCUT2D eigenvalue weighted by molar-refractivity contribution is 4.93. The molecule has 3 heteroatoms. The molecule has 3 heterocycles. The van der Waals surface area contributed by atoms with E-state index in [4.69, 9.17) is 5.73 Å². The summed E-state index contributed by atoms with van der Waals surface area (Å²) in [7, 11) is 0. The fourth-order valence-electron chi connectivity index (χ4n) is 3.97. The molecule has 3 rings (SSSR count). The lowest BCUT2D eigenvalue weighted by Gasteiger charge is -2.53. The van der Waals surface area contributed by atoms with E-state index < -0.39 is 0 Å². The van der Waals surface area contributed by atoms with Gasteiger partial charge in [0.05, 0.1) is 0 Å². The Hall–Kier alpha value is -0.120. The highest BCUT2D eigenvalue weighted by Gasteiger charge is 2.40. The summed E-state index contributed by atoms with van der Waals surface area (Å²) >= 11 is 0. The molecule has 92 valence electrons. The Morgan fingerprint density at radius 2 is 1.44 bits per heavy atom. The van der Waals surface area contributed by atoms with E-state index in [-0.39, 0.29) is 0 Å². The van der Waals surface area contributed by atoms with E-state index in [2.05, 4.69) is 10.0 Å². The molecule has 0 aromatic carbocycles. The van der Waals surface area contributed by atoms with Crippen LogP contribution in [0.4, 0.5) is 0 Å². The number of fused-ring (bicyclic) bond motifs is 2. The van der Waals surface area contributed by atoms with Crippen LogP contribution >= 0.6 is 0 Å². The predicted octanol–water partition coefficient (Wildman–Crippen LogP) is 1.73. The third kappa shape index (κ3) is 2.01. The van der Waals surface area contributed by atoms with Crippen LogP contribution in [0.25, 0.3) is 0 Å². The first-order valence-electron chi connectivity index (χ1n) is 7.13. The zero-order valence-electron chi connectivity index (χ0n) is 10.3. The van der Waals surface area contributed by atoms with Gasteiger partial charge in [-0.1, -0.05) is 12.8 Å². The number of hydrogen-bond donors (Lipinski definition) is 1. The van der Waals surface area contributed by atoms with Gasteiger partial charge < -0.3 is 5.73 Å². The van der Waals surface area contributed by atoms with E-state index in [1.54, 1.807) is 0 Å². The fourth-order valence-corrected chi connectivity index (χ4v) is 3.97. The quantitative estimate of drug-likeness (QED) is 0.735. The Bertz CT molecular complexity index is 217. The average molecular weight is 223 g/mol. The molecule has 0 saturated carbocycles. The standard InChI is InChI=1S/C13H25N3/c14-11-9-12-5-4-6-13(10-11)16(12)15-7-2-1-3-8-15/h11-13H,1-10,14H2. The van der Waals surface area contributed by atoms with Crippen molar-refractivity contribution in [3.63, 3.8) is 0 Å². The van der Waals surface area contributed by atoms with Crippen molar-refractivity contribution in [1.82, 2.24) is 10.0 Å². The fraction of sp³-hybridized carbons (Fsp3) is 1.00. The van der Waals surface area contributed by atoms with E-state index in [0.29, 0.717) is 6.04 Å². The van der Waals surface area contributed by atoms with Gasteiger partial charge in [0.2, 0.25) is 0 Å². The van der Waals surface area contributed by atoms with Crippen molar-refractivity contribution in [2.75, 3.05) is 13.1 Å². The third-order valence-electron chi connectivity index (χ3n) is 4.63. The van der Waals surface area contributed by atoms with Crippen LogP contribution in [0, 0.1) is 0 Å². The summed E-state index contributed by atoms with van der Waals surface area (Å²) in [6.45, 7) is 2.59. The Labute approximate surface area is 98.9 Å². The van der Waals surface area contributed by atoms with Crippen LogP contribution in [0.1, 0.15) is 51.4 Å². The summed E-state index contributed by atoms with van der Waals surface area (Å²) in [6, 6.07) is 2.00. The van der Waals surface area contributed by atoms with Crippen LogP contribution in [-0.4, -0.2) is 41.2 Å². The maximum absolute atomic E-state index is 6.17. The van der Waals surface area contributed by atoms with Gasteiger partial charge in [-0.15, -0.1) is 0 Å². The van der Waals surface area contributed by atoms with Crippen LogP contribution in [0.5, 0.6) is 0 Å². The largest absolute Gasteiger partial charge is 0.328 e. The molecule has 0 amide bonds. The first-order chi connectivity index (χ1) is 7.84. The minimum Gasteiger partial charge on any atom is -0.328 e. The van der Waals surface area contributed by atoms with Crippen molar-refractivity contribution in [1.29, 1.82) is 0 Å². The monoisotopic (exact) mass is 223 g/mol. The Balaban J connectivity index is 1.72. The normalized spacial score (nSPS) is 42.2. The molecule has 0 radical (unpaired) electrons. The number of rotatable bonds is 1. The van der Waals surface area contributed by atoms with Crippen molar-refractivity contribution in [3.8, 4) is 0 Å². The molecule has 0 aliphatic carbocycles. The Kier molecular flexibility index (Phi) is 3.18. The van der Waals surface area contributed by atoms with Gasteiger partial charge in [-0.2, -0.15) is 0 Å². The van der Waals surface area contributed by atoms with Crippen LogP contribution in [-0.2, 0) is 0 Å². The summed E-state index contributed by atoms with van der Waals surface area (Å²) < 4.78 is 0. The van der Waals surface area contributed by atoms with Crippen LogP contribution in [0.15, 0.2) is 0 Å². The number of hydrogen-bond acceptors (Lipinski definition) is 3. The highest BCUT2D eigenvalue weighted by atomic mass is 15.6. The number of nitrogens with two attached hydrogens (primary N) is 1. The van der Waals surface area contributed by atoms with Gasteiger partial charge in [-0.25, -0.2) is 10.0 Å². The van der Waals surface area contributed by atoms with E-state index in [1.165, 1.54) is 64.5 Å². The average Bonchev–Trinajstić information content (AvgIpc) is 2.29. The van der Waals surface area contributed by atoms with Crippen LogP contribution in [0.2, 0.25) is 0 Å². The van der Waals surface area contributed by atoms with E-state index >= 15 is 0 Å². The van der Waals surface area contributed by atoms with Gasteiger partial charge in [0.25, 0.3) is 0 Å². The molecule has 2 atom stereocenters. The predicted molar refractivity (Wildman–Crippen MR) is 65.9 cm³/mol. The Morgan fingerprint density at radius 3 is 2.06 bits per heavy atom. The van der Waals surface area contributed by atoms with Crippen molar-refractivity contribution in [2.24, 2.45) is 5.73 Å². The second-order valence-corrected chi connectivity index (χ2v) is 5.86. The van der Waals surface area contributed by atoms with Gasteiger partial charge in [0.1, 0.15) is 0 Å². The lowest BCUT2D eigenvalue weighted by molar-refractivity contribution is -0.144. The molecule has 0 spiro atoms. The summed E-state index contributed by atoms with van der Waals surface area (Å²) in [6.07, 6.45) is 10.8. The minimum atomic E-state index is 0.469. The molecule has 2 unspecified atom stereocenters. The van der Waals surface area contributed by atoms with Crippen molar-refractivity contribution in [3.05, 3.63) is 0 Å². The maximum Gasteiger partial charge on any atom is 0.0263 e. The zero-order chi connectivity index (χ0) is 11.0. The van der Waals surface area contributed by atoms with Gasteiger partial charge >= 0.3 is 0 Å². The smallest absolute Gasteiger partial charge is 0.0263 e. The van der Waals surface area contributed by atoms with E-state index in [9.17, 15) is 0 Å². The molecule has 3 saturated heterocycles. The third-order valence-corrected chi connectivity index (χ3v) is 4.63. The molecule has 3 nitrogen and oxygen atoms in total. The number of nitrogens with zero attached hydrogens (tertiary/aromatic N) is 2. The summed E-state index contributed by atoms with van der Waals surface area (Å²) in [4.78, 5) is 0. The molecule has 3 aliphatic rings.